The molecule has 0 spiro atoms. The first kappa shape index (κ1) is 20.5. The molecule has 0 aromatic heterocycles. The van der Waals surface area contributed by atoms with Crippen LogP contribution in [0.25, 0.3) is 0 Å². The van der Waals surface area contributed by atoms with Crippen LogP contribution < -0.4 is 15.4 Å². The first-order valence-electron chi connectivity index (χ1n) is 9.93. The molecule has 2 N–H and O–H groups in total. The molecule has 0 radical (unpaired) electrons. The van der Waals surface area contributed by atoms with Crippen molar-refractivity contribution >= 4 is 12.0 Å². The van der Waals surface area contributed by atoms with Crippen molar-refractivity contribution in [3.05, 3.63) is 71.4 Å². The molecule has 1 unspecified atom stereocenters. The lowest BCUT2D eigenvalue weighted by Gasteiger charge is -2.29. The Morgan fingerprint density at radius 3 is 2.52 bits per heavy atom. The van der Waals surface area contributed by atoms with Crippen LogP contribution in [-0.2, 0) is 9.53 Å². The third-order valence-corrected chi connectivity index (χ3v) is 4.60. The number of amides is 2. The fourth-order valence-electron chi connectivity index (χ4n) is 3.25. The van der Waals surface area contributed by atoms with E-state index in [4.69, 9.17) is 9.47 Å². The number of para-hydroxylation sites is 1. The van der Waals surface area contributed by atoms with Gasteiger partial charge in [-0.15, -0.1) is 0 Å². The van der Waals surface area contributed by atoms with Gasteiger partial charge in [0.05, 0.1) is 18.2 Å². The van der Waals surface area contributed by atoms with Crippen molar-refractivity contribution in [2.24, 2.45) is 0 Å². The van der Waals surface area contributed by atoms with E-state index in [9.17, 15) is 9.59 Å². The van der Waals surface area contributed by atoms with Crippen molar-refractivity contribution in [1.82, 2.24) is 10.6 Å². The van der Waals surface area contributed by atoms with Crippen molar-refractivity contribution in [2.75, 3.05) is 6.61 Å². The highest BCUT2D eigenvalue weighted by molar-refractivity contribution is 5.95. The normalized spacial score (nSPS) is 16.1. The smallest absolute Gasteiger partial charge is 0.338 e. The number of esters is 1. The Kier molecular flexibility index (Phi) is 6.89. The topological polar surface area (TPSA) is 76.7 Å². The van der Waals surface area contributed by atoms with Crippen LogP contribution in [0.15, 0.2) is 65.9 Å². The lowest BCUT2D eigenvalue weighted by atomic mass is 9.93. The van der Waals surface area contributed by atoms with Crippen LogP contribution in [0, 0.1) is 0 Å². The maximum Gasteiger partial charge on any atom is 0.338 e. The molecule has 3 rings (SSSR count). The number of benzene rings is 2. The van der Waals surface area contributed by atoms with Gasteiger partial charge >= 0.3 is 12.0 Å². The Bertz CT molecular complexity index is 893. The third kappa shape index (κ3) is 5.16. The Balaban J connectivity index is 1.96. The molecule has 2 amide bonds. The minimum Gasteiger partial charge on any atom is -0.463 e. The fourth-order valence-corrected chi connectivity index (χ4v) is 3.25. The zero-order valence-electron chi connectivity index (χ0n) is 16.7. The van der Waals surface area contributed by atoms with Crippen LogP contribution in [0.4, 0.5) is 4.79 Å². The van der Waals surface area contributed by atoms with Gasteiger partial charge in [-0.3, -0.25) is 0 Å². The molecule has 0 saturated carbocycles. The second kappa shape index (κ2) is 9.78. The number of ether oxygens (including phenoxy) is 2. The molecule has 2 aromatic rings. The Labute approximate surface area is 170 Å². The van der Waals surface area contributed by atoms with E-state index in [-0.39, 0.29) is 12.6 Å². The van der Waals surface area contributed by atoms with Gasteiger partial charge in [0.2, 0.25) is 0 Å². The first-order valence-corrected chi connectivity index (χ1v) is 9.93. The average molecular weight is 394 g/mol. The summed E-state index contributed by atoms with van der Waals surface area (Å²) in [5.74, 6) is 0.911. The van der Waals surface area contributed by atoms with Crippen LogP contribution in [-0.4, -0.2) is 18.6 Å². The molecule has 0 bridgehead atoms. The summed E-state index contributed by atoms with van der Waals surface area (Å²) in [4.78, 5) is 25.0. The summed E-state index contributed by atoms with van der Waals surface area (Å²) < 4.78 is 11.2. The molecule has 2 aromatic carbocycles. The molecular weight excluding hydrogens is 368 g/mol. The lowest BCUT2D eigenvalue weighted by molar-refractivity contribution is -0.139. The van der Waals surface area contributed by atoms with Gasteiger partial charge in [-0.05, 0) is 49.6 Å². The van der Waals surface area contributed by atoms with Crippen molar-refractivity contribution in [3.8, 4) is 11.5 Å². The summed E-state index contributed by atoms with van der Waals surface area (Å²) in [5, 5.41) is 5.65. The van der Waals surface area contributed by atoms with Crippen molar-refractivity contribution in [2.45, 2.75) is 39.2 Å². The molecule has 6 heteroatoms. The number of hydrogen-bond donors (Lipinski definition) is 2. The fraction of sp³-hybridized carbons (Fsp3) is 0.304. The predicted molar refractivity (Wildman–Crippen MR) is 111 cm³/mol. The van der Waals surface area contributed by atoms with Crippen molar-refractivity contribution in [3.63, 3.8) is 0 Å². The summed E-state index contributed by atoms with van der Waals surface area (Å²) in [6, 6.07) is 15.9. The largest absolute Gasteiger partial charge is 0.463 e. The Morgan fingerprint density at radius 2 is 1.79 bits per heavy atom. The number of unbranched alkanes of at least 4 members (excludes halogenated alkanes) is 1. The second-order valence-electron chi connectivity index (χ2n) is 6.74. The molecule has 1 heterocycles. The van der Waals surface area contributed by atoms with E-state index in [1.54, 1.807) is 6.92 Å². The van der Waals surface area contributed by atoms with E-state index in [0.29, 0.717) is 29.2 Å². The van der Waals surface area contributed by atoms with Crippen molar-refractivity contribution in [1.29, 1.82) is 0 Å². The zero-order valence-corrected chi connectivity index (χ0v) is 16.7. The van der Waals surface area contributed by atoms with E-state index >= 15 is 0 Å². The highest BCUT2D eigenvalue weighted by Gasteiger charge is 2.33. The number of allylic oxidation sites excluding steroid dienone is 1. The first-order chi connectivity index (χ1) is 14.1. The van der Waals surface area contributed by atoms with Crippen LogP contribution >= 0.6 is 0 Å². The van der Waals surface area contributed by atoms with Gasteiger partial charge in [0, 0.05) is 5.70 Å². The average Bonchev–Trinajstić information content (AvgIpc) is 2.73. The van der Waals surface area contributed by atoms with Gasteiger partial charge in [-0.1, -0.05) is 43.7 Å². The Hall–Kier alpha value is -3.28. The minimum atomic E-state index is -0.603. The van der Waals surface area contributed by atoms with E-state index in [0.717, 1.165) is 18.4 Å². The lowest BCUT2D eigenvalue weighted by Crippen LogP contribution is -2.46. The van der Waals surface area contributed by atoms with Gasteiger partial charge in [-0.2, -0.15) is 0 Å². The van der Waals surface area contributed by atoms with E-state index in [2.05, 4.69) is 17.6 Å². The minimum absolute atomic E-state index is 0.265. The molecule has 1 aliphatic rings. The van der Waals surface area contributed by atoms with Crippen LogP contribution in [0.3, 0.4) is 0 Å². The monoisotopic (exact) mass is 394 g/mol. The van der Waals surface area contributed by atoms with Gasteiger partial charge in [0.1, 0.15) is 11.5 Å². The van der Waals surface area contributed by atoms with E-state index in [1.807, 2.05) is 54.6 Å². The number of urea groups is 1. The summed E-state index contributed by atoms with van der Waals surface area (Å²) >= 11 is 0. The quantitative estimate of drug-likeness (QED) is 0.628. The molecule has 0 fully saturated rings. The summed E-state index contributed by atoms with van der Waals surface area (Å²) in [5.41, 5.74) is 1.82. The Morgan fingerprint density at radius 1 is 1.03 bits per heavy atom. The SMILES string of the molecule is CCCCC1=C(C(=O)OCC)C(c2cccc(Oc3ccccc3)c2)NC(=O)N1. The molecule has 6 nitrogen and oxygen atoms in total. The highest BCUT2D eigenvalue weighted by Crippen LogP contribution is 2.32. The summed E-state index contributed by atoms with van der Waals surface area (Å²) in [6.07, 6.45) is 2.42. The number of nitrogens with one attached hydrogen (secondary N) is 2. The molecular formula is C23H26N2O4. The summed E-state index contributed by atoms with van der Waals surface area (Å²) in [7, 11) is 0. The van der Waals surface area contributed by atoms with Crippen molar-refractivity contribution < 1.29 is 19.1 Å². The molecule has 0 saturated heterocycles. The number of rotatable bonds is 8. The number of hydrogen-bond acceptors (Lipinski definition) is 4. The molecule has 1 atom stereocenters. The van der Waals surface area contributed by atoms with E-state index in [1.165, 1.54) is 0 Å². The number of carbonyl (C=O) groups excluding carboxylic acids is 2. The van der Waals surface area contributed by atoms with Gasteiger partial charge in [0.25, 0.3) is 0 Å². The van der Waals surface area contributed by atoms with Crippen LogP contribution in [0.2, 0.25) is 0 Å². The van der Waals surface area contributed by atoms with E-state index < -0.39 is 12.0 Å². The third-order valence-electron chi connectivity index (χ3n) is 4.60. The van der Waals surface area contributed by atoms with Gasteiger partial charge in [-0.25, -0.2) is 9.59 Å². The molecule has 152 valence electrons. The standard InChI is InChI=1S/C23H26N2O4/c1-3-5-14-19-20(22(26)28-4-2)21(25-23(27)24-19)16-10-9-13-18(15-16)29-17-11-7-6-8-12-17/h6-13,15,21H,3-5,14H2,1-2H3,(H2,24,25,27). The zero-order chi connectivity index (χ0) is 20.6. The molecule has 0 aliphatic carbocycles. The second-order valence-corrected chi connectivity index (χ2v) is 6.74. The molecule has 1 aliphatic heterocycles. The highest BCUT2D eigenvalue weighted by atomic mass is 16.5. The predicted octanol–water partition coefficient (Wildman–Crippen LogP) is 4.84. The van der Waals surface area contributed by atoms with Gasteiger partial charge < -0.3 is 20.1 Å². The molecule has 29 heavy (non-hydrogen) atoms. The number of carbonyl (C=O) groups is 2. The maximum absolute atomic E-state index is 12.7. The maximum atomic E-state index is 12.7. The van der Waals surface area contributed by atoms with Crippen LogP contribution in [0.5, 0.6) is 11.5 Å². The van der Waals surface area contributed by atoms with Crippen LogP contribution in [0.1, 0.15) is 44.7 Å². The summed E-state index contributed by atoms with van der Waals surface area (Å²) in [6.45, 7) is 4.10. The van der Waals surface area contributed by atoms with Gasteiger partial charge in [0.15, 0.2) is 0 Å².